The van der Waals surface area contributed by atoms with Crippen molar-refractivity contribution in [2.75, 3.05) is 7.11 Å². The van der Waals surface area contributed by atoms with E-state index in [0.717, 1.165) is 17.0 Å². The number of hydrogen-bond donors (Lipinski definition) is 0. The lowest BCUT2D eigenvalue weighted by Gasteiger charge is -2.06. The van der Waals surface area contributed by atoms with Crippen LogP contribution in [0.4, 0.5) is 0 Å². The molecule has 0 aromatic heterocycles. The second-order valence-electron chi connectivity index (χ2n) is 3.85. The van der Waals surface area contributed by atoms with Crippen molar-refractivity contribution in [1.82, 2.24) is 0 Å². The van der Waals surface area contributed by atoms with Crippen molar-refractivity contribution in [3.63, 3.8) is 0 Å². The van der Waals surface area contributed by atoms with E-state index in [4.69, 9.17) is 5.53 Å². The van der Waals surface area contributed by atoms with Gasteiger partial charge < -0.3 is 10.3 Å². The molecule has 0 aliphatic carbocycles. The van der Waals surface area contributed by atoms with Crippen LogP contribution in [0.25, 0.3) is 16.3 Å². The summed E-state index contributed by atoms with van der Waals surface area (Å²) < 4.78 is 4.66. The van der Waals surface area contributed by atoms with E-state index >= 15 is 0 Å². The van der Waals surface area contributed by atoms with Gasteiger partial charge in [-0.3, -0.25) is 4.79 Å². The quantitative estimate of drug-likeness (QED) is 0.276. The van der Waals surface area contributed by atoms with Gasteiger partial charge >= 0.3 is 12.2 Å². The van der Waals surface area contributed by atoms with Crippen molar-refractivity contribution >= 4 is 28.7 Å². The van der Waals surface area contributed by atoms with E-state index in [1.807, 2.05) is 24.3 Å². The highest BCUT2D eigenvalue weighted by Crippen LogP contribution is 2.21. The minimum atomic E-state index is -0.611. The summed E-state index contributed by atoms with van der Waals surface area (Å²) in [6, 6.07) is 10.5. The molecule has 0 saturated carbocycles. The lowest BCUT2D eigenvalue weighted by molar-refractivity contribution is 0.00234. The van der Waals surface area contributed by atoms with Crippen LogP contribution in [0.1, 0.15) is 20.7 Å². The Morgan fingerprint density at radius 3 is 2.26 bits per heavy atom. The molecule has 0 atom stereocenters. The molecule has 0 aliphatic heterocycles. The fourth-order valence-corrected chi connectivity index (χ4v) is 1.84. The fourth-order valence-electron chi connectivity index (χ4n) is 1.84. The molecule has 0 spiro atoms. The molecule has 5 heteroatoms. The maximum Gasteiger partial charge on any atom is 0.338 e. The van der Waals surface area contributed by atoms with Gasteiger partial charge in [0.2, 0.25) is 0 Å². The Balaban J connectivity index is 2.74. The minimum Gasteiger partial charge on any atom is -0.465 e. The van der Waals surface area contributed by atoms with Gasteiger partial charge in [0.1, 0.15) is 0 Å². The number of esters is 1. The first-order valence-corrected chi connectivity index (χ1v) is 5.50. The van der Waals surface area contributed by atoms with Crippen molar-refractivity contribution in [2.24, 2.45) is 0 Å². The summed E-state index contributed by atoms with van der Waals surface area (Å²) in [4.78, 5) is 26.2. The number of Topliss-reactive ketones (excluding diaryl/α,β-unsaturated/α-hetero) is 1. The van der Waals surface area contributed by atoms with Crippen LogP contribution in [0.3, 0.4) is 0 Å². The van der Waals surface area contributed by atoms with Gasteiger partial charge in [0, 0.05) is 5.56 Å². The lowest BCUT2D eigenvalue weighted by Crippen LogP contribution is -2.11. The first-order chi connectivity index (χ1) is 9.17. The molecule has 0 unspecified atom stereocenters. The number of nitrogens with zero attached hydrogens (tertiary/aromatic N) is 2. The molecular weight excluding hydrogens is 244 g/mol. The smallest absolute Gasteiger partial charge is 0.338 e. The van der Waals surface area contributed by atoms with Gasteiger partial charge in [-0.15, -0.1) is 0 Å². The summed E-state index contributed by atoms with van der Waals surface area (Å²) in [6.07, 6.45) is 0.747. The molecule has 19 heavy (non-hydrogen) atoms. The lowest BCUT2D eigenvalue weighted by atomic mass is 9.98. The summed E-state index contributed by atoms with van der Waals surface area (Å²) in [5.74, 6) is -1.17. The molecule has 0 N–H and O–H groups in total. The molecule has 94 valence electrons. The molecular formula is C14H10N2O3. The van der Waals surface area contributed by atoms with E-state index in [-0.39, 0.29) is 11.1 Å². The third-order valence-electron chi connectivity index (χ3n) is 2.73. The SMILES string of the molecule is COC(=O)c1cc2ccccc2cc1C(=O)C=[N+]=[N-]. The number of ketones is 1. The molecule has 2 rings (SSSR count). The third-order valence-corrected chi connectivity index (χ3v) is 2.73. The number of methoxy groups -OCH3 is 1. The highest BCUT2D eigenvalue weighted by Gasteiger charge is 2.19. The molecule has 0 radical (unpaired) electrons. The normalized spacial score (nSPS) is 9.74. The van der Waals surface area contributed by atoms with Crippen LogP contribution in [0.15, 0.2) is 36.4 Å². The molecule has 5 nitrogen and oxygen atoms in total. The molecule has 0 fully saturated rings. The second-order valence-corrected chi connectivity index (χ2v) is 3.85. The Hall–Kier alpha value is -2.78. The highest BCUT2D eigenvalue weighted by molar-refractivity contribution is 6.35. The van der Waals surface area contributed by atoms with Gasteiger partial charge in [-0.1, -0.05) is 24.3 Å². The number of benzene rings is 2. The Bertz CT molecular complexity index is 716. The van der Waals surface area contributed by atoms with Crippen LogP contribution in [0.5, 0.6) is 0 Å². The maximum atomic E-state index is 11.8. The van der Waals surface area contributed by atoms with Gasteiger partial charge in [-0.2, -0.15) is 4.79 Å². The molecule has 0 amide bonds. The van der Waals surface area contributed by atoms with E-state index in [2.05, 4.69) is 9.53 Å². The first-order valence-electron chi connectivity index (χ1n) is 5.50. The van der Waals surface area contributed by atoms with Crippen LogP contribution >= 0.6 is 0 Å². The number of rotatable bonds is 3. The molecule has 2 aromatic carbocycles. The largest absolute Gasteiger partial charge is 0.465 e. The van der Waals surface area contributed by atoms with Gasteiger partial charge in [0.25, 0.3) is 5.78 Å². The molecule has 0 heterocycles. The van der Waals surface area contributed by atoms with Crippen LogP contribution in [0, 0.1) is 0 Å². The zero-order valence-corrected chi connectivity index (χ0v) is 10.2. The predicted molar refractivity (Wildman–Crippen MR) is 69.3 cm³/mol. The van der Waals surface area contributed by atoms with Crippen molar-refractivity contribution in [3.8, 4) is 0 Å². The zero-order valence-electron chi connectivity index (χ0n) is 10.2. The number of carbonyl (C=O) groups is 2. The topological polar surface area (TPSA) is 79.8 Å². The van der Waals surface area contributed by atoms with Crippen LogP contribution in [-0.4, -0.2) is 29.9 Å². The number of carbonyl (C=O) groups excluding carboxylic acids is 2. The Morgan fingerprint density at radius 1 is 1.16 bits per heavy atom. The summed E-state index contributed by atoms with van der Waals surface area (Å²) in [5.41, 5.74) is 8.72. The minimum absolute atomic E-state index is 0.142. The maximum absolute atomic E-state index is 11.8. The number of hydrogen-bond acceptors (Lipinski definition) is 3. The van der Waals surface area contributed by atoms with Gasteiger partial charge in [0.15, 0.2) is 0 Å². The summed E-state index contributed by atoms with van der Waals surface area (Å²) in [7, 11) is 1.24. The molecule has 0 saturated heterocycles. The third kappa shape index (κ3) is 2.41. The Kier molecular flexibility index (Phi) is 3.50. The Morgan fingerprint density at radius 2 is 1.74 bits per heavy atom. The van der Waals surface area contributed by atoms with E-state index in [0.29, 0.717) is 0 Å². The van der Waals surface area contributed by atoms with E-state index < -0.39 is 11.8 Å². The second kappa shape index (κ2) is 5.25. The number of ether oxygens (including phenoxy) is 1. The van der Waals surface area contributed by atoms with E-state index in [9.17, 15) is 9.59 Å². The molecule has 0 bridgehead atoms. The van der Waals surface area contributed by atoms with Crippen LogP contribution < -0.4 is 0 Å². The average Bonchev–Trinajstić information content (AvgIpc) is 2.45. The molecule has 0 aliphatic rings. The fraction of sp³-hybridized carbons (Fsp3) is 0.0714. The zero-order chi connectivity index (χ0) is 13.8. The monoisotopic (exact) mass is 254 g/mol. The standard InChI is InChI=1S/C14H10N2O3/c1-19-14(18)12-7-10-5-3-2-4-9(10)6-11(12)13(17)8-16-15/h2-8H,1H3. The highest BCUT2D eigenvalue weighted by atomic mass is 16.5. The van der Waals surface area contributed by atoms with Crippen molar-refractivity contribution < 1.29 is 19.1 Å². The van der Waals surface area contributed by atoms with E-state index in [1.54, 1.807) is 12.1 Å². The van der Waals surface area contributed by atoms with Crippen molar-refractivity contribution in [2.45, 2.75) is 0 Å². The molecule has 2 aromatic rings. The van der Waals surface area contributed by atoms with Crippen LogP contribution in [-0.2, 0) is 4.74 Å². The van der Waals surface area contributed by atoms with Gasteiger partial charge in [0.05, 0.1) is 12.7 Å². The average molecular weight is 254 g/mol. The Labute approximate surface area is 109 Å². The van der Waals surface area contributed by atoms with Crippen molar-refractivity contribution in [3.05, 3.63) is 53.1 Å². The van der Waals surface area contributed by atoms with Gasteiger partial charge in [-0.05, 0) is 22.9 Å². The predicted octanol–water partition coefficient (Wildman–Crippen LogP) is 2.11. The van der Waals surface area contributed by atoms with Crippen LogP contribution in [0.2, 0.25) is 0 Å². The summed E-state index contributed by atoms with van der Waals surface area (Å²) in [5, 5.41) is 1.63. The van der Waals surface area contributed by atoms with Gasteiger partial charge in [-0.25, -0.2) is 4.79 Å². The van der Waals surface area contributed by atoms with E-state index in [1.165, 1.54) is 7.11 Å². The summed E-state index contributed by atoms with van der Waals surface area (Å²) >= 11 is 0. The first kappa shape index (κ1) is 12.7. The van der Waals surface area contributed by atoms with Crippen molar-refractivity contribution in [1.29, 1.82) is 0 Å². The summed E-state index contributed by atoms with van der Waals surface area (Å²) in [6.45, 7) is 0. The number of fused-ring (bicyclic) bond motifs is 1.